The number of nitrogens with one attached hydrogen (secondary N) is 2. The van der Waals surface area contributed by atoms with E-state index in [1.807, 2.05) is 13.8 Å². The Hall–Kier alpha value is -2.50. The standard InChI is InChI=1S/C14H15FN4O/c1-14(2,10-4-6-11(15)7-5-10)19-13(20)18-12-16-8-3-9-17-12/h3-9H,1-2H3,(H2,16,17,18,19,20). The highest BCUT2D eigenvalue weighted by Crippen LogP contribution is 2.20. The molecule has 5 nitrogen and oxygen atoms in total. The van der Waals surface area contributed by atoms with Crippen molar-refractivity contribution in [3.05, 3.63) is 54.1 Å². The predicted octanol–water partition coefficient (Wildman–Crippen LogP) is 2.67. The van der Waals surface area contributed by atoms with Gasteiger partial charge in [-0.2, -0.15) is 0 Å². The maximum absolute atomic E-state index is 12.9. The fourth-order valence-electron chi connectivity index (χ4n) is 1.72. The van der Waals surface area contributed by atoms with Gasteiger partial charge in [0.2, 0.25) is 5.95 Å². The molecule has 0 spiro atoms. The normalized spacial score (nSPS) is 10.9. The minimum atomic E-state index is -0.646. The van der Waals surface area contributed by atoms with Crippen LogP contribution in [0.3, 0.4) is 0 Å². The van der Waals surface area contributed by atoms with Gasteiger partial charge in [0.15, 0.2) is 0 Å². The highest BCUT2D eigenvalue weighted by molar-refractivity contribution is 5.87. The summed E-state index contributed by atoms with van der Waals surface area (Å²) in [5.41, 5.74) is 0.148. The topological polar surface area (TPSA) is 66.9 Å². The first-order valence-electron chi connectivity index (χ1n) is 6.09. The molecule has 2 amide bonds. The van der Waals surface area contributed by atoms with Gasteiger partial charge in [-0.05, 0) is 37.6 Å². The second-order valence-corrected chi connectivity index (χ2v) is 4.78. The fourth-order valence-corrected chi connectivity index (χ4v) is 1.72. The van der Waals surface area contributed by atoms with Crippen LogP contribution < -0.4 is 10.6 Å². The summed E-state index contributed by atoms with van der Waals surface area (Å²) in [6.07, 6.45) is 3.07. The van der Waals surface area contributed by atoms with E-state index in [1.165, 1.54) is 24.5 Å². The summed E-state index contributed by atoms with van der Waals surface area (Å²) in [6, 6.07) is 7.22. The molecule has 1 aromatic carbocycles. The number of halogens is 1. The molecular weight excluding hydrogens is 259 g/mol. The van der Waals surface area contributed by atoms with Crippen LogP contribution in [0.5, 0.6) is 0 Å². The third-order valence-electron chi connectivity index (χ3n) is 2.78. The molecule has 2 N–H and O–H groups in total. The second-order valence-electron chi connectivity index (χ2n) is 4.78. The van der Waals surface area contributed by atoms with E-state index in [0.717, 1.165) is 5.56 Å². The van der Waals surface area contributed by atoms with Crippen molar-refractivity contribution < 1.29 is 9.18 Å². The van der Waals surface area contributed by atoms with Crippen molar-refractivity contribution in [3.63, 3.8) is 0 Å². The van der Waals surface area contributed by atoms with E-state index in [4.69, 9.17) is 0 Å². The third kappa shape index (κ3) is 3.50. The number of urea groups is 1. The van der Waals surface area contributed by atoms with Crippen molar-refractivity contribution in [1.82, 2.24) is 15.3 Å². The van der Waals surface area contributed by atoms with E-state index in [-0.39, 0.29) is 11.8 Å². The summed E-state index contributed by atoms with van der Waals surface area (Å²) in [5, 5.41) is 5.32. The van der Waals surface area contributed by atoms with Crippen molar-refractivity contribution in [2.24, 2.45) is 0 Å². The maximum atomic E-state index is 12.9. The predicted molar refractivity (Wildman–Crippen MR) is 73.6 cm³/mol. The summed E-state index contributed by atoms with van der Waals surface area (Å²) in [6.45, 7) is 3.65. The van der Waals surface area contributed by atoms with Gasteiger partial charge in [0, 0.05) is 12.4 Å². The van der Waals surface area contributed by atoms with Crippen molar-refractivity contribution >= 4 is 12.0 Å². The van der Waals surface area contributed by atoms with Gasteiger partial charge in [-0.15, -0.1) is 0 Å². The number of benzene rings is 1. The maximum Gasteiger partial charge on any atom is 0.322 e. The number of amides is 2. The monoisotopic (exact) mass is 274 g/mol. The van der Waals surface area contributed by atoms with E-state index in [1.54, 1.807) is 18.2 Å². The Kier molecular flexibility index (Phi) is 3.93. The Morgan fingerprint density at radius 2 is 1.75 bits per heavy atom. The summed E-state index contributed by atoms with van der Waals surface area (Å²) in [4.78, 5) is 19.7. The van der Waals surface area contributed by atoms with Crippen LogP contribution in [0.4, 0.5) is 15.1 Å². The number of hydrogen-bond donors (Lipinski definition) is 2. The van der Waals surface area contributed by atoms with Gasteiger partial charge < -0.3 is 5.32 Å². The van der Waals surface area contributed by atoms with Gasteiger partial charge in [0.05, 0.1) is 5.54 Å². The molecule has 2 aromatic rings. The first kappa shape index (κ1) is 13.9. The zero-order valence-corrected chi connectivity index (χ0v) is 11.2. The molecule has 0 aliphatic carbocycles. The largest absolute Gasteiger partial charge is 0.329 e. The molecule has 1 heterocycles. The van der Waals surface area contributed by atoms with E-state index < -0.39 is 11.6 Å². The Labute approximate surface area is 116 Å². The minimum absolute atomic E-state index is 0.222. The second kappa shape index (κ2) is 5.64. The number of aromatic nitrogens is 2. The SMILES string of the molecule is CC(C)(NC(=O)Nc1ncccn1)c1ccc(F)cc1. The van der Waals surface area contributed by atoms with Crippen LogP contribution >= 0.6 is 0 Å². The Morgan fingerprint density at radius 3 is 2.35 bits per heavy atom. The average Bonchev–Trinajstić information content (AvgIpc) is 2.39. The first-order chi connectivity index (χ1) is 9.47. The van der Waals surface area contributed by atoms with Crippen LogP contribution in [-0.4, -0.2) is 16.0 Å². The van der Waals surface area contributed by atoms with Crippen molar-refractivity contribution in [1.29, 1.82) is 0 Å². The number of nitrogens with zero attached hydrogens (tertiary/aromatic N) is 2. The molecule has 0 saturated carbocycles. The van der Waals surface area contributed by atoms with Crippen molar-refractivity contribution in [2.75, 3.05) is 5.32 Å². The lowest BCUT2D eigenvalue weighted by molar-refractivity contribution is 0.241. The zero-order valence-electron chi connectivity index (χ0n) is 11.2. The molecule has 104 valence electrons. The highest BCUT2D eigenvalue weighted by atomic mass is 19.1. The van der Waals surface area contributed by atoms with Gasteiger partial charge in [0.25, 0.3) is 0 Å². The van der Waals surface area contributed by atoms with E-state index in [0.29, 0.717) is 0 Å². The molecular formula is C14H15FN4O. The van der Waals surface area contributed by atoms with Crippen LogP contribution in [0, 0.1) is 5.82 Å². The number of rotatable bonds is 3. The van der Waals surface area contributed by atoms with Crippen LogP contribution in [-0.2, 0) is 5.54 Å². The zero-order chi connectivity index (χ0) is 14.6. The van der Waals surface area contributed by atoms with Crippen molar-refractivity contribution in [3.8, 4) is 0 Å². The molecule has 0 aliphatic heterocycles. The van der Waals surface area contributed by atoms with E-state index in [2.05, 4.69) is 20.6 Å². The van der Waals surface area contributed by atoms with Crippen LogP contribution in [0.25, 0.3) is 0 Å². The molecule has 0 saturated heterocycles. The molecule has 0 atom stereocenters. The molecule has 0 radical (unpaired) electrons. The minimum Gasteiger partial charge on any atom is -0.329 e. The van der Waals surface area contributed by atoms with E-state index >= 15 is 0 Å². The number of anilines is 1. The Balaban J connectivity index is 2.04. The molecule has 0 aliphatic rings. The molecule has 20 heavy (non-hydrogen) atoms. The molecule has 0 bridgehead atoms. The van der Waals surface area contributed by atoms with Gasteiger partial charge in [-0.25, -0.2) is 19.2 Å². The Morgan fingerprint density at radius 1 is 1.15 bits per heavy atom. The van der Waals surface area contributed by atoms with Gasteiger partial charge in [0.1, 0.15) is 5.82 Å². The quantitative estimate of drug-likeness (QED) is 0.904. The fraction of sp³-hybridized carbons (Fsp3) is 0.214. The van der Waals surface area contributed by atoms with Gasteiger partial charge in [-0.3, -0.25) is 5.32 Å². The van der Waals surface area contributed by atoms with Gasteiger partial charge in [-0.1, -0.05) is 12.1 Å². The molecule has 6 heteroatoms. The molecule has 2 rings (SSSR count). The van der Waals surface area contributed by atoms with Crippen molar-refractivity contribution in [2.45, 2.75) is 19.4 Å². The number of hydrogen-bond acceptors (Lipinski definition) is 3. The summed E-state index contributed by atoms with van der Waals surface area (Å²) < 4.78 is 12.9. The third-order valence-corrected chi connectivity index (χ3v) is 2.78. The van der Waals surface area contributed by atoms with E-state index in [9.17, 15) is 9.18 Å². The first-order valence-corrected chi connectivity index (χ1v) is 6.09. The molecule has 0 unspecified atom stereocenters. The Bertz CT molecular complexity index is 584. The summed E-state index contributed by atoms with van der Waals surface area (Å²) >= 11 is 0. The lowest BCUT2D eigenvalue weighted by atomic mass is 9.94. The summed E-state index contributed by atoms with van der Waals surface area (Å²) in [7, 11) is 0. The van der Waals surface area contributed by atoms with Crippen LogP contribution in [0.1, 0.15) is 19.4 Å². The molecule has 1 aromatic heterocycles. The number of carbonyl (C=O) groups excluding carboxylic acids is 1. The van der Waals surface area contributed by atoms with Gasteiger partial charge >= 0.3 is 6.03 Å². The average molecular weight is 274 g/mol. The van der Waals surface area contributed by atoms with Crippen LogP contribution in [0.15, 0.2) is 42.7 Å². The lowest BCUT2D eigenvalue weighted by Gasteiger charge is -2.26. The smallest absolute Gasteiger partial charge is 0.322 e. The summed E-state index contributed by atoms with van der Waals surface area (Å²) in [5.74, 6) is -0.0911. The van der Waals surface area contributed by atoms with Crippen LogP contribution in [0.2, 0.25) is 0 Å². The molecule has 0 fully saturated rings. The number of carbonyl (C=O) groups is 1. The lowest BCUT2D eigenvalue weighted by Crippen LogP contribution is -2.43. The highest BCUT2D eigenvalue weighted by Gasteiger charge is 2.23.